The lowest BCUT2D eigenvalue weighted by atomic mass is 9.93. The van der Waals surface area contributed by atoms with Gasteiger partial charge < -0.3 is 9.97 Å². The Balaban J connectivity index is 1.17. The number of imidazole rings is 2. The number of benzene rings is 4. The molecule has 6 aromatic rings. The smallest absolute Gasteiger partial charge is 0.262 e. The van der Waals surface area contributed by atoms with E-state index in [0.29, 0.717) is 60.3 Å². The second-order valence-corrected chi connectivity index (χ2v) is 16.6. The van der Waals surface area contributed by atoms with E-state index in [2.05, 4.69) is 9.97 Å². The van der Waals surface area contributed by atoms with Gasteiger partial charge in [-0.25, -0.2) is 27.5 Å². The van der Waals surface area contributed by atoms with Gasteiger partial charge >= 0.3 is 0 Å². The minimum atomic E-state index is -3.10. The van der Waals surface area contributed by atoms with E-state index in [1.165, 1.54) is 0 Å². The number of H-pyrrole nitrogens is 2. The molecule has 0 aliphatic carbocycles. The Morgan fingerprint density at radius 3 is 1.22 bits per heavy atom. The van der Waals surface area contributed by atoms with Gasteiger partial charge in [0.15, 0.2) is 23.9 Å². The van der Waals surface area contributed by atoms with E-state index >= 15 is 17.6 Å². The molecule has 0 spiro atoms. The molecule has 4 atom stereocenters. The third-order valence-electron chi connectivity index (χ3n) is 13.2. The molecule has 0 saturated carbocycles. The summed E-state index contributed by atoms with van der Waals surface area (Å²) in [6, 6.07) is 31.5. The SMILES string of the molecule is CCN(CC)C(C=O)(c1ccccc1)N1CC(F)(F)C[C@H]1c1nc(-c2ccccc2-c2ccccc2-c2c[nH]c([C@@H]3CC(F)(F)CN3C(C=O)(c3ccccc3)N(CC)CC)n2)c[nH]1. The summed E-state index contributed by atoms with van der Waals surface area (Å²) >= 11 is 0. The van der Waals surface area contributed by atoms with Gasteiger partial charge in [0, 0.05) is 36.4 Å². The number of likely N-dealkylation sites (N-methyl/N-ethyl adjacent to an activating group) is 2. The molecule has 64 heavy (non-hydrogen) atoms. The molecular formula is C50H54F4N8O2. The molecule has 2 aliphatic heterocycles. The molecule has 4 heterocycles. The molecule has 2 fully saturated rings. The number of carbonyl (C=O) groups excluding carboxylic acids is 2. The van der Waals surface area contributed by atoms with Crippen LogP contribution in [0.4, 0.5) is 17.6 Å². The van der Waals surface area contributed by atoms with E-state index < -0.39 is 61.2 Å². The lowest BCUT2D eigenvalue weighted by Gasteiger charge is -2.47. The number of halogens is 4. The zero-order valence-electron chi connectivity index (χ0n) is 36.5. The van der Waals surface area contributed by atoms with Crippen molar-refractivity contribution in [3.63, 3.8) is 0 Å². The van der Waals surface area contributed by atoms with Gasteiger partial charge in [-0.05, 0) is 48.4 Å². The maximum Gasteiger partial charge on any atom is 0.262 e. The van der Waals surface area contributed by atoms with Crippen molar-refractivity contribution in [2.45, 2.75) is 75.8 Å². The molecule has 2 saturated heterocycles. The van der Waals surface area contributed by atoms with Gasteiger partial charge in [-0.15, -0.1) is 0 Å². The summed E-state index contributed by atoms with van der Waals surface area (Å²) in [5, 5.41) is 0. The van der Waals surface area contributed by atoms with Crippen LogP contribution in [-0.4, -0.2) is 103 Å². The number of alkyl halides is 4. The number of carbonyl (C=O) groups is 2. The van der Waals surface area contributed by atoms with Crippen molar-refractivity contribution in [1.29, 1.82) is 0 Å². The fourth-order valence-electron chi connectivity index (χ4n) is 10.3. The van der Waals surface area contributed by atoms with Crippen LogP contribution < -0.4 is 0 Å². The van der Waals surface area contributed by atoms with Crippen LogP contribution in [0.25, 0.3) is 33.6 Å². The lowest BCUT2D eigenvalue weighted by Crippen LogP contribution is -2.59. The van der Waals surface area contributed by atoms with Gasteiger partial charge in [-0.3, -0.25) is 29.2 Å². The Morgan fingerprint density at radius 1 is 0.562 bits per heavy atom. The zero-order chi connectivity index (χ0) is 45.3. The molecular weight excluding hydrogens is 821 g/mol. The number of aldehydes is 2. The maximum atomic E-state index is 15.7. The number of hydrogen-bond donors (Lipinski definition) is 2. The Morgan fingerprint density at radius 2 is 0.891 bits per heavy atom. The van der Waals surface area contributed by atoms with Crippen molar-refractivity contribution in [3.05, 3.63) is 144 Å². The number of nitrogens with zero attached hydrogens (tertiary/aromatic N) is 6. The van der Waals surface area contributed by atoms with Crippen molar-refractivity contribution in [1.82, 2.24) is 39.5 Å². The predicted molar refractivity (Wildman–Crippen MR) is 239 cm³/mol. The van der Waals surface area contributed by atoms with Gasteiger partial charge in [0.2, 0.25) is 0 Å². The normalized spacial score (nSPS) is 20.7. The summed E-state index contributed by atoms with van der Waals surface area (Å²) < 4.78 is 62.8. The van der Waals surface area contributed by atoms with E-state index in [1.54, 1.807) is 46.5 Å². The molecule has 2 aliphatic rings. The molecule has 2 aromatic heterocycles. The lowest BCUT2D eigenvalue weighted by molar-refractivity contribution is -0.140. The van der Waals surface area contributed by atoms with E-state index in [0.717, 1.165) is 34.8 Å². The fourth-order valence-corrected chi connectivity index (χ4v) is 10.3. The van der Waals surface area contributed by atoms with Crippen molar-refractivity contribution >= 4 is 12.6 Å². The number of hydrogen-bond acceptors (Lipinski definition) is 8. The molecule has 2 N–H and O–H groups in total. The van der Waals surface area contributed by atoms with Crippen LogP contribution >= 0.6 is 0 Å². The Hall–Kier alpha value is -5.80. The van der Waals surface area contributed by atoms with Gasteiger partial charge in [-0.2, -0.15) is 0 Å². The summed E-state index contributed by atoms with van der Waals surface area (Å²) in [5.74, 6) is -5.57. The molecule has 14 heteroatoms. The second-order valence-electron chi connectivity index (χ2n) is 16.6. The first-order chi connectivity index (χ1) is 30.9. The Kier molecular flexibility index (Phi) is 12.6. The number of aromatic amines is 2. The monoisotopic (exact) mass is 874 g/mol. The molecule has 0 radical (unpaired) electrons. The van der Waals surface area contributed by atoms with E-state index in [9.17, 15) is 9.59 Å². The van der Waals surface area contributed by atoms with Gasteiger partial charge in [0.25, 0.3) is 11.8 Å². The van der Waals surface area contributed by atoms with Crippen LogP contribution in [0, 0.1) is 0 Å². The highest BCUT2D eigenvalue weighted by atomic mass is 19.3. The molecule has 8 rings (SSSR count). The van der Waals surface area contributed by atoms with Crippen LogP contribution in [0.2, 0.25) is 0 Å². The minimum Gasteiger partial charge on any atom is -0.347 e. The third-order valence-corrected chi connectivity index (χ3v) is 13.2. The molecule has 0 amide bonds. The molecule has 2 unspecified atom stereocenters. The highest BCUT2D eigenvalue weighted by molar-refractivity contribution is 5.90. The first kappa shape index (κ1) is 44.8. The van der Waals surface area contributed by atoms with Crippen LogP contribution in [0.5, 0.6) is 0 Å². The Bertz CT molecular complexity index is 2370. The number of aromatic nitrogens is 4. The maximum absolute atomic E-state index is 15.7. The quantitative estimate of drug-likeness (QED) is 0.0690. The average molecular weight is 875 g/mol. The van der Waals surface area contributed by atoms with Gasteiger partial charge in [0.1, 0.15) is 11.6 Å². The molecule has 334 valence electrons. The summed E-state index contributed by atoms with van der Waals surface area (Å²) in [6.07, 6.45) is 3.91. The molecule has 4 aromatic carbocycles. The Labute approximate surface area is 371 Å². The molecule has 10 nitrogen and oxygen atoms in total. The number of likely N-dealkylation sites (tertiary alicyclic amines) is 2. The first-order valence-electron chi connectivity index (χ1n) is 22.0. The second kappa shape index (κ2) is 18.0. The number of nitrogens with one attached hydrogen (secondary N) is 2. The summed E-state index contributed by atoms with van der Waals surface area (Å²) in [4.78, 5) is 50.2. The largest absolute Gasteiger partial charge is 0.347 e. The summed E-state index contributed by atoms with van der Waals surface area (Å²) in [5.41, 5.74) is 2.28. The fraction of sp³-hybridized carbons (Fsp3) is 0.360. The van der Waals surface area contributed by atoms with Gasteiger partial charge in [0.05, 0.1) is 36.6 Å². The van der Waals surface area contributed by atoms with E-state index in [1.807, 2.05) is 122 Å². The van der Waals surface area contributed by atoms with Crippen LogP contribution in [0.15, 0.2) is 122 Å². The van der Waals surface area contributed by atoms with Crippen LogP contribution in [0.1, 0.15) is 75.4 Å². The third kappa shape index (κ3) is 7.80. The topological polar surface area (TPSA) is 104 Å². The summed E-state index contributed by atoms with van der Waals surface area (Å²) in [7, 11) is 0. The zero-order valence-corrected chi connectivity index (χ0v) is 36.5. The van der Waals surface area contributed by atoms with Crippen molar-refractivity contribution < 1.29 is 27.2 Å². The van der Waals surface area contributed by atoms with Crippen LogP contribution in [0.3, 0.4) is 0 Å². The standard InChI is InChI=1S/C50H54F4N8O2/c1-5-59(6-2)49(33-63,35-19-11-9-12-20-35)61-31-47(51,52)27-43(61)45-55-29-41(57-45)39-25-17-15-23-37(39)38-24-16-18-26-40(38)42-30-56-46(58-42)44-28-48(53,54)32-62(44)50(34-64,60(7-3)8-4)36-21-13-10-14-22-36/h9-26,29-30,33-34,43-44H,5-8,27-28,31-32H2,1-4H3,(H,55,57)(H,56,58)/t43-,44-,49?,50?/m0/s1. The van der Waals surface area contributed by atoms with E-state index in [4.69, 9.17) is 9.97 Å². The van der Waals surface area contributed by atoms with Crippen molar-refractivity contribution in [2.24, 2.45) is 0 Å². The van der Waals surface area contributed by atoms with Crippen molar-refractivity contribution in [3.8, 4) is 33.6 Å². The highest BCUT2D eigenvalue weighted by Gasteiger charge is 2.58. The van der Waals surface area contributed by atoms with Gasteiger partial charge in [-0.1, -0.05) is 137 Å². The van der Waals surface area contributed by atoms with Crippen LogP contribution in [-0.2, 0) is 20.9 Å². The molecule has 0 bridgehead atoms. The average Bonchev–Trinajstić information content (AvgIpc) is 4.14. The predicted octanol–water partition coefficient (Wildman–Crippen LogP) is 9.69. The first-order valence-corrected chi connectivity index (χ1v) is 22.0. The number of rotatable bonds is 17. The summed E-state index contributed by atoms with van der Waals surface area (Å²) in [6.45, 7) is 8.16. The van der Waals surface area contributed by atoms with E-state index in [-0.39, 0.29) is 0 Å². The van der Waals surface area contributed by atoms with Crippen molar-refractivity contribution in [2.75, 3.05) is 39.3 Å². The minimum absolute atomic E-state index is 0.311. The highest BCUT2D eigenvalue weighted by Crippen LogP contribution is 2.50.